The number of nitrogens with zero attached hydrogens (tertiary/aromatic N) is 3. The lowest BCUT2D eigenvalue weighted by Gasteiger charge is -2.09. The summed E-state index contributed by atoms with van der Waals surface area (Å²) in [6, 6.07) is 15.9. The molecule has 0 aliphatic rings. The number of carbonyl (C=O) groups excluding carboxylic acids is 1. The van der Waals surface area contributed by atoms with Gasteiger partial charge in [-0.15, -0.1) is 10.2 Å². The molecule has 0 aliphatic carbocycles. The topological polar surface area (TPSA) is 140 Å². The molecule has 3 aromatic rings. The van der Waals surface area contributed by atoms with Crippen molar-refractivity contribution in [3.05, 3.63) is 59.7 Å². The van der Waals surface area contributed by atoms with Crippen molar-refractivity contribution >= 4 is 38.3 Å². The van der Waals surface area contributed by atoms with E-state index in [0.717, 1.165) is 17.1 Å². The molecular formula is C23H22N4O6S2. The Morgan fingerprint density at radius 1 is 1.03 bits per heavy atom. The molecule has 3 rings (SSSR count). The van der Waals surface area contributed by atoms with Gasteiger partial charge < -0.3 is 14.2 Å². The lowest BCUT2D eigenvalue weighted by atomic mass is 10.1. The van der Waals surface area contributed by atoms with Crippen LogP contribution in [0.4, 0.5) is 5.13 Å². The van der Waals surface area contributed by atoms with E-state index in [1.165, 1.54) is 13.0 Å². The number of ether oxygens (including phenoxy) is 3. The van der Waals surface area contributed by atoms with Crippen molar-refractivity contribution in [2.75, 3.05) is 31.4 Å². The number of carbonyl (C=O) groups is 1. The van der Waals surface area contributed by atoms with Crippen LogP contribution in [0.25, 0.3) is 6.08 Å². The smallest absolute Gasteiger partial charge is 0.268 e. The maximum absolute atomic E-state index is 12.4. The van der Waals surface area contributed by atoms with E-state index in [0.29, 0.717) is 30.3 Å². The number of methoxy groups -OCH3 is 1. The molecular weight excluding hydrogens is 492 g/mol. The van der Waals surface area contributed by atoms with Crippen LogP contribution >= 0.6 is 11.3 Å². The zero-order chi connectivity index (χ0) is 25.3. The standard InChI is InChI=1S/C23H22N4O6S2/c1-3-35(29,30)23-27-26-22(34-23)25-21(28)17(15-24)14-16-4-6-19(7-5-16)32-12-13-33-20-10-8-18(31-2)9-11-20/h4-11,14H,3,12-13H2,1-2H3,(H,25,26,28). The number of hydrogen-bond donors (Lipinski definition) is 1. The van der Waals surface area contributed by atoms with Gasteiger partial charge in [-0.25, -0.2) is 8.42 Å². The van der Waals surface area contributed by atoms with Gasteiger partial charge in [-0.2, -0.15) is 5.26 Å². The number of nitriles is 1. The van der Waals surface area contributed by atoms with Crippen LogP contribution in [-0.2, 0) is 14.6 Å². The summed E-state index contributed by atoms with van der Waals surface area (Å²) in [7, 11) is -1.93. The molecule has 0 aliphatic heterocycles. The number of amides is 1. The lowest BCUT2D eigenvalue weighted by molar-refractivity contribution is -0.112. The maximum Gasteiger partial charge on any atom is 0.268 e. The Morgan fingerprint density at radius 2 is 1.60 bits per heavy atom. The summed E-state index contributed by atoms with van der Waals surface area (Å²) in [6.45, 7) is 2.16. The zero-order valence-corrected chi connectivity index (χ0v) is 20.6. The minimum atomic E-state index is -3.53. The molecule has 0 fully saturated rings. The van der Waals surface area contributed by atoms with Crippen LogP contribution in [0.15, 0.2) is 58.4 Å². The molecule has 2 aromatic carbocycles. The Hall–Kier alpha value is -3.95. The Balaban J connectivity index is 1.53. The van der Waals surface area contributed by atoms with E-state index >= 15 is 0 Å². The predicted octanol–water partition coefficient (Wildman–Crippen LogP) is 3.34. The first kappa shape index (κ1) is 25.7. The van der Waals surface area contributed by atoms with Gasteiger partial charge in [-0.3, -0.25) is 10.1 Å². The van der Waals surface area contributed by atoms with E-state index in [1.807, 2.05) is 6.07 Å². The van der Waals surface area contributed by atoms with Gasteiger partial charge in [0, 0.05) is 0 Å². The van der Waals surface area contributed by atoms with Crippen LogP contribution < -0.4 is 19.5 Å². The van der Waals surface area contributed by atoms with E-state index in [-0.39, 0.29) is 20.8 Å². The van der Waals surface area contributed by atoms with Crippen LogP contribution in [0.5, 0.6) is 17.2 Å². The third-order valence-electron chi connectivity index (χ3n) is 4.51. The highest BCUT2D eigenvalue weighted by atomic mass is 32.2. The number of rotatable bonds is 11. The number of aromatic nitrogens is 2. The predicted molar refractivity (Wildman–Crippen MR) is 130 cm³/mol. The lowest BCUT2D eigenvalue weighted by Crippen LogP contribution is -2.13. The largest absolute Gasteiger partial charge is 0.497 e. The van der Waals surface area contributed by atoms with E-state index in [4.69, 9.17) is 14.2 Å². The van der Waals surface area contributed by atoms with E-state index in [1.54, 1.807) is 55.6 Å². The van der Waals surface area contributed by atoms with Gasteiger partial charge in [0.05, 0.1) is 12.9 Å². The quantitative estimate of drug-likeness (QED) is 0.176. The summed E-state index contributed by atoms with van der Waals surface area (Å²) in [5.74, 6) is 1.20. The van der Waals surface area contributed by atoms with Crippen molar-refractivity contribution in [3.63, 3.8) is 0 Å². The van der Waals surface area contributed by atoms with E-state index < -0.39 is 15.7 Å². The van der Waals surface area contributed by atoms with Gasteiger partial charge in [-0.1, -0.05) is 30.4 Å². The van der Waals surface area contributed by atoms with Crippen molar-refractivity contribution < 1.29 is 27.4 Å². The summed E-state index contributed by atoms with van der Waals surface area (Å²) >= 11 is 0.727. The second-order valence-corrected chi connectivity index (χ2v) is 10.3. The normalized spacial score (nSPS) is 11.4. The summed E-state index contributed by atoms with van der Waals surface area (Å²) in [5.41, 5.74) is 0.423. The highest BCUT2D eigenvalue weighted by molar-refractivity contribution is 7.93. The molecule has 1 amide bonds. The van der Waals surface area contributed by atoms with Gasteiger partial charge in [0.1, 0.15) is 42.1 Å². The molecule has 35 heavy (non-hydrogen) atoms. The fourth-order valence-corrected chi connectivity index (χ4v) is 4.62. The average molecular weight is 515 g/mol. The highest BCUT2D eigenvalue weighted by Gasteiger charge is 2.19. The number of nitrogens with one attached hydrogen (secondary N) is 1. The Labute approximate surface area is 206 Å². The molecule has 1 N–H and O–H groups in total. The van der Waals surface area contributed by atoms with Crippen molar-refractivity contribution in [3.8, 4) is 23.3 Å². The van der Waals surface area contributed by atoms with Crippen molar-refractivity contribution in [1.29, 1.82) is 5.26 Å². The molecule has 0 bridgehead atoms. The highest BCUT2D eigenvalue weighted by Crippen LogP contribution is 2.22. The van der Waals surface area contributed by atoms with Crippen LogP contribution in [0.3, 0.4) is 0 Å². The molecule has 0 unspecified atom stereocenters. The molecule has 1 aromatic heterocycles. The minimum absolute atomic E-state index is 0.0104. The van der Waals surface area contributed by atoms with Gasteiger partial charge >= 0.3 is 0 Å². The number of anilines is 1. The van der Waals surface area contributed by atoms with Crippen molar-refractivity contribution in [2.45, 2.75) is 11.3 Å². The zero-order valence-electron chi connectivity index (χ0n) is 18.9. The van der Waals surface area contributed by atoms with Crippen molar-refractivity contribution in [1.82, 2.24) is 10.2 Å². The monoisotopic (exact) mass is 514 g/mol. The van der Waals surface area contributed by atoms with Gasteiger partial charge in [0.15, 0.2) is 0 Å². The Bertz CT molecular complexity index is 1330. The SMILES string of the molecule is CCS(=O)(=O)c1nnc(NC(=O)C(C#N)=Cc2ccc(OCCOc3ccc(OC)cc3)cc2)s1. The first-order valence-corrected chi connectivity index (χ1v) is 12.8. The molecule has 0 saturated heterocycles. The number of sulfone groups is 1. The summed E-state index contributed by atoms with van der Waals surface area (Å²) in [5, 5.41) is 19.0. The second kappa shape index (κ2) is 12.0. The van der Waals surface area contributed by atoms with Gasteiger partial charge in [0.2, 0.25) is 19.3 Å². The Morgan fingerprint density at radius 3 is 2.14 bits per heavy atom. The molecule has 10 nitrogen and oxygen atoms in total. The molecule has 1 heterocycles. The summed E-state index contributed by atoms with van der Waals surface area (Å²) < 4.78 is 39.8. The molecule has 0 radical (unpaired) electrons. The second-order valence-electron chi connectivity index (χ2n) is 6.84. The maximum atomic E-state index is 12.4. The fraction of sp³-hybridized carbons (Fsp3) is 0.217. The molecule has 0 spiro atoms. The minimum Gasteiger partial charge on any atom is -0.497 e. The molecule has 12 heteroatoms. The van der Waals surface area contributed by atoms with Crippen LogP contribution in [-0.4, -0.2) is 50.6 Å². The average Bonchev–Trinajstić information content (AvgIpc) is 3.35. The van der Waals surface area contributed by atoms with E-state index in [9.17, 15) is 18.5 Å². The molecule has 0 saturated carbocycles. The molecule has 0 atom stereocenters. The van der Waals surface area contributed by atoms with Crippen LogP contribution in [0.2, 0.25) is 0 Å². The number of hydrogen-bond acceptors (Lipinski definition) is 10. The fourth-order valence-electron chi connectivity index (χ4n) is 2.64. The number of benzene rings is 2. The first-order chi connectivity index (χ1) is 16.8. The van der Waals surface area contributed by atoms with Crippen LogP contribution in [0.1, 0.15) is 12.5 Å². The van der Waals surface area contributed by atoms with Gasteiger partial charge in [-0.05, 0) is 48.0 Å². The third-order valence-corrected chi connectivity index (χ3v) is 7.53. The van der Waals surface area contributed by atoms with Crippen molar-refractivity contribution in [2.24, 2.45) is 0 Å². The Kier molecular flexibility index (Phi) is 8.77. The third kappa shape index (κ3) is 7.26. The van der Waals surface area contributed by atoms with Crippen LogP contribution in [0, 0.1) is 11.3 Å². The van der Waals surface area contributed by atoms with E-state index in [2.05, 4.69) is 15.5 Å². The summed E-state index contributed by atoms with van der Waals surface area (Å²) in [4.78, 5) is 12.4. The first-order valence-electron chi connectivity index (χ1n) is 10.3. The molecule has 182 valence electrons. The van der Waals surface area contributed by atoms with Gasteiger partial charge in [0.25, 0.3) is 5.91 Å². The summed E-state index contributed by atoms with van der Waals surface area (Å²) in [6.07, 6.45) is 1.40.